The van der Waals surface area contributed by atoms with Gasteiger partial charge in [-0.1, -0.05) is 66.7 Å². The van der Waals surface area contributed by atoms with Crippen LogP contribution in [-0.4, -0.2) is 29.8 Å². The lowest BCUT2D eigenvalue weighted by Crippen LogP contribution is -2.54. The fourth-order valence-corrected chi connectivity index (χ4v) is 3.82. The molecule has 3 heterocycles. The van der Waals surface area contributed by atoms with Crippen LogP contribution >= 0.6 is 0 Å². The van der Waals surface area contributed by atoms with Crippen LogP contribution in [0.4, 0.5) is 0 Å². The lowest BCUT2D eigenvalue weighted by atomic mass is 9.80. The highest BCUT2D eigenvalue weighted by atomic mass is 16.1. The van der Waals surface area contributed by atoms with Crippen LogP contribution in [0.5, 0.6) is 0 Å². The zero-order chi connectivity index (χ0) is 15.6. The number of fused-ring (bicyclic) bond motifs is 3. The summed E-state index contributed by atoms with van der Waals surface area (Å²) < 4.78 is 0. The van der Waals surface area contributed by atoms with Crippen molar-refractivity contribution in [2.45, 2.75) is 18.9 Å². The molecule has 5 rings (SSSR count). The predicted octanol–water partition coefficient (Wildman–Crippen LogP) is 3.78. The van der Waals surface area contributed by atoms with Crippen LogP contribution in [0.3, 0.4) is 0 Å². The molecule has 1 unspecified atom stereocenters. The fraction of sp³-hybridized carbons (Fsp3) is 0.286. The van der Waals surface area contributed by atoms with Gasteiger partial charge in [0.05, 0.1) is 6.04 Å². The molecule has 0 spiro atoms. The number of piperidine rings is 3. The number of nitrogens with zero attached hydrogens (tertiary/aromatic N) is 1. The van der Waals surface area contributed by atoms with Crippen LogP contribution in [0, 0.1) is 5.92 Å². The summed E-state index contributed by atoms with van der Waals surface area (Å²) in [6.07, 6.45) is 4.27. The minimum absolute atomic E-state index is 0.0575. The van der Waals surface area contributed by atoms with Crippen molar-refractivity contribution in [1.29, 1.82) is 0 Å². The summed E-state index contributed by atoms with van der Waals surface area (Å²) in [6.45, 7) is 2.10. The van der Waals surface area contributed by atoms with E-state index < -0.39 is 0 Å². The third-order valence-corrected chi connectivity index (χ3v) is 5.11. The van der Waals surface area contributed by atoms with Crippen molar-refractivity contribution in [3.63, 3.8) is 0 Å². The molecule has 0 amide bonds. The zero-order valence-electron chi connectivity index (χ0n) is 13.2. The molecule has 0 saturated carbocycles. The standard InChI is InChI=1S/C21H21NO/c23-21-18-11-13-22(14-12-18)20(21)15-19(16-7-3-1-4-8-16)17-9-5-2-6-10-17/h1-10,15,18,20H,11-14H2. The number of rotatable bonds is 3. The Balaban J connectivity index is 1.78. The minimum Gasteiger partial charge on any atom is -0.297 e. The van der Waals surface area contributed by atoms with Crippen LogP contribution in [0.2, 0.25) is 0 Å². The first-order valence-electron chi connectivity index (χ1n) is 8.43. The van der Waals surface area contributed by atoms with Crippen molar-refractivity contribution >= 4 is 11.4 Å². The number of hydrogen-bond acceptors (Lipinski definition) is 2. The van der Waals surface area contributed by atoms with E-state index in [0.29, 0.717) is 5.78 Å². The van der Waals surface area contributed by atoms with E-state index in [1.807, 2.05) is 12.1 Å². The van der Waals surface area contributed by atoms with E-state index in [1.54, 1.807) is 0 Å². The molecule has 3 aliphatic heterocycles. The number of benzene rings is 2. The Bertz CT molecular complexity index is 671. The summed E-state index contributed by atoms with van der Waals surface area (Å²) in [7, 11) is 0. The van der Waals surface area contributed by atoms with E-state index in [-0.39, 0.29) is 12.0 Å². The third kappa shape index (κ3) is 2.75. The van der Waals surface area contributed by atoms with Crippen LogP contribution in [0.1, 0.15) is 24.0 Å². The largest absolute Gasteiger partial charge is 0.297 e. The van der Waals surface area contributed by atoms with Crippen molar-refractivity contribution < 1.29 is 4.79 Å². The highest BCUT2D eigenvalue weighted by molar-refractivity contribution is 5.93. The molecule has 2 aromatic rings. The van der Waals surface area contributed by atoms with Gasteiger partial charge in [-0.2, -0.15) is 0 Å². The Morgan fingerprint density at radius 1 is 0.870 bits per heavy atom. The molecular weight excluding hydrogens is 282 g/mol. The molecule has 2 heteroatoms. The molecule has 23 heavy (non-hydrogen) atoms. The van der Waals surface area contributed by atoms with Crippen molar-refractivity contribution in [3.05, 3.63) is 77.9 Å². The van der Waals surface area contributed by atoms with Gasteiger partial charge in [-0.15, -0.1) is 0 Å². The van der Waals surface area contributed by atoms with Crippen LogP contribution in [-0.2, 0) is 4.79 Å². The highest BCUT2D eigenvalue weighted by Gasteiger charge is 2.39. The van der Waals surface area contributed by atoms with Gasteiger partial charge in [0.15, 0.2) is 5.78 Å². The molecule has 0 N–H and O–H groups in total. The molecule has 2 bridgehead atoms. The van der Waals surface area contributed by atoms with Crippen molar-refractivity contribution in [3.8, 4) is 0 Å². The molecule has 3 aliphatic rings. The highest BCUT2D eigenvalue weighted by Crippen LogP contribution is 2.32. The second-order valence-corrected chi connectivity index (χ2v) is 6.47. The molecule has 1 atom stereocenters. The Morgan fingerprint density at radius 2 is 1.39 bits per heavy atom. The second kappa shape index (κ2) is 6.13. The molecule has 3 fully saturated rings. The Hall–Kier alpha value is -2.19. The van der Waals surface area contributed by atoms with Gasteiger partial charge in [-0.25, -0.2) is 0 Å². The molecule has 0 radical (unpaired) electrons. The third-order valence-electron chi connectivity index (χ3n) is 5.11. The average Bonchev–Trinajstić information content (AvgIpc) is 2.63. The van der Waals surface area contributed by atoms with E-state index >= 15 is 0 Å². The molecule has 2 aromatic carbocycles. The Labute approximate surface area is 137 Å². The van der Waals surface area contributed by atoms with Gasteiger partial charge in [-0.3, -0.25) is 9.69 Å². The second-order valence-electron chi connectivity index (χ2n) is 6.47. The maximum Gasteiger partial charge on any atom is 0.157 e. The Morgan fingerprint density at radius 3 is 1.87 bits per heavy atom. The van der Waals surface area contributed by atoms with Crippen LogP contribution in [0.15, 0.2) is 66.7 Å². The first-order chi connectivity index (χ1) is 11.3. The summed E-state index contributed by atoms with van der Waals surface area (Å²) in [4.78, 5) is 15.0. The quantitative estimate of drug-likeness (QED) is 0.860. The van der Waals surface area contributed by atoms with Gasteiger partial charge in [-0.05, 0) is 42.6 Å². The van der Waals surface area contributed by atoms with E-state index in [2.05, 4.69) is 59.5 Å². The lowest BCUT2D eigenvalue weighted by Gasteiger charge is -2.43. The average molecular weight is 303 g/mol. The topological polar surface area (TPSA) is 20.3 Å². The van der Waals surface area contributed by atoms with Crippen molar-refractivity contribution in [2.24, 2.45) is 5.92 Å². The number of carbonyl (C=O) groups excluding carboxylic acids is 1. The first kappa shape index (κ1) is 14.4. The number of carbonyl (C=O) groups is 1. The van der Waals surface area contributed by atoms with Crippen LogP contribution in [0.25, 0.3) is 5.57 Å². The molecule has 116 valence electrons. The molecule has 2 nitrogen and oxygen atoms in total. The molecule has 3 saturated heterocycles. The molecular formula is C21H21NO. The fourth-order valence-electron chi connectivity index (χ4n) is 3.82. The van der Waals surface area contributed by atoms with Crippen LogP contribution < -0.4 is 0 Å². The van der Waals surface area contributed by atoms with Crippen molar-refractivity contribution in [2.75, 3.05) is 13.1 Å². The van der Waals surface area contributed by atoms with E-state index in [4.69, 9.17) is 0 Å². The molecule has 0 aromatic heterocycles. The first-order valence-corrected chi connectivity index (χ1v) is 8.43. The normalized spacial score (nSPS) is 26.1. The summed E-state index contributed by atoms with van der Waals surface area (Å²) >= 11 is 0. The number of Topliss-reactive ketones (excluding diaryl/α,β-unsaturated/α-hetero) is 1. The van der Waals surface area contributed by atoms with Gasteiger partial charge in [0, 0.05) is 5.92 Å². The summed E-state index contributed by atoms with van der Waals surface area (Å²) in [5, 5.41) is 0. The maximum absolute atomic E-state index is 12.7. The number of ketones is 1. The minimum atomic E-state index is -0.0575. The lowest BCUT2D eigenvalue weighted by molar-refractivity contribution is -0.134. The monoisotopic (exact) mass is 303 g/mol. The predicted molar refractivity (Wildman–Crippen MR) is 93.1 cm³/mol. The SMILES string of the molecule is O=C1C2CCN(CC2)C1C=C(c1ccccc1)c1ccccc1. The van der Waals surface area contributed by atoms with Gasteiger partial charge in [0.25, 0.3) is 0 Å². The summed E-state index contributed by atoms with van der Waals surface area (Å²) in [5.74, 6) is 0.681. The summed E-state index contributed by atoms with van der Waals surface area (Å²) in [6, 6.07) is 20.7. The van der Waals surface area contributed by atoms with E-state index in [9.17, 15) is 4.79 Å². The maximum atomic E-state index is 12.7. The zero-order valence-corrected chi connectivity index (χ0v) is 13.2. The Kier molecular flexibility index (Phi) is 3.84. The van der Waals surface area contributed by atoms with E-state index in [1.165, 1.54) is 11.1 Å². The van der Waals surface area contributed by atoms with Gasteiger partial charge >= 0.3 is 0 Å². The van der Waals surface area contributed by atoms with Crippen molar-refractivity contribution in [1.82, 2.24) is 4.90 Å². The molecule has 0 aliphatic carbocycles. The number of hydrogen-bond donors (Lipinski definition) is 0. The van der Waals surface area contributed by atoms with Gasteiger partial charge < -0.3 is 0 Å². The smallest absolute Gasteiger partial charge is 0.157 e. The van der Waals surface area contributed by atoms with Gasteiger partial charge in [0.1, 0.15) is 0 Å². The summed E-state index contributed by atoms with van der Waals surface area (Å²) in [5.41, 5.74) is 3.51. The van der Waals surface area contributed by atoms with Gasteiger partial charge in [0.2, 0.25) is 0 Å². The van der Waals surface area contributed by atoms with E-state index in [0.717, 1.165) is 31.5 Å².